The Morgan fingerprint density at radius 2 is 1.90 bits per heavy atom. The predicted octanol–water partition coefficient (Wildman–Crippen LogP) is 4.88. The van der Waals surface area contributed by atoms with E-state index in [1.54, 1.807) is 0 Å². The maximum Gasteiger partial charge on any atom is 0.147 e. The molecule has 3 nitrogen and oxygen atoms in total. The van der Waals surface area contributed by atoms with E-state index in [-0.39, 0.29) is 10.2 Å². The monoisotopic (exact) mass is 421 g/mol. The fraction of sp³-hybridized carbons (Fsp3) is 0.357. The first-order valence-electron chi connectivity index (χ1n) is 6.60. The van der Waals surface area contributed by atoms with E-state index in [1.807, 2.05) is 18.5 Å². The van der Waals surface area contributed by atoms with Gasteiger partial charge in [0.2, 0.25) is 0 Å². The summed E-state index contributed by atoms with van der Waals surface area (Å²) >= 11 is 6.48. The van der Waals surface area contributed by atoms with Crippen LogP contribution in [0.3, 0.4) is 0 Å². The van der Waals surface area contributed by atoms with Crippen molar-refractivity contribution < 1.29 is 8.78 Å². The maximum atomic E-state index is 13.8. The van der Waals surface area contributed by atoms with E-state index >= 15 is 0 Å². The second-order valence-corrected chi connectivity index (χ2v) is 6.12. The Kier molecular flexibility index (Phi) is 5.37. The van der Waals surface area contributed by atoms with E-state index in [0.29, 0.717) is 13.1 Å². The number of hydrogen-bond acceptors (Lipinski definition) is 2. The van der Waals surface area contributed by atoms with Crippen LogP contribution in [0.25, 0.3) is 0 Å². The summed E-state index contributed by atoms with van der Waals surface area (Å²) < 4.78 is 30.2. The van der Waals surface area contributed by atoms with Crippen LogP contribution < -0.4 is 5.32 Å². The molecule has 0 aliphatic carbocycles. The molecule has 0 atom stereocenters. The lowest BCUT2D eigenvalue weighted by atomic mass is 10.2. The summed E-state index contributed by atoms with van der Waals surface area (Å²) in [6.45, 7) is 5.09. The molecule has 21 heavy (non-hydrogen) atoms. The third kappa shape index (κ3) is 3.45. The van der Waals surface area contributed by atoms with Crippen molar-refractivity contribution in [3.05, 3.63) is 44.1 Å². The van der Waals surface area contributed by atoms with Gasteiger partial charge in [-0.3, -0.25) is 4.68 Å². The van der Waals surface area contributed by atoms with Gasteiger partial charge in [0.1, 0.15) is 11.6 Å². The van der Waals surface area contributed by atoms with Crippen LogP contribution in [0.1, 0.15) is 25.2 Å². The number of anilines is 1. The molecule has 0 saturated heterocycles. The fourth-order valence-corrected chi connectivity index (χ4v) is 3.04. The van der Waals surface area contributed by atoms with Gasteiger partial charge in [0, 0.05) is 12.6 Å². The quantitative estimate of drug-likeness (QED) is 0.695. The van der Waals surface area contributed by atoms with E-state index in [4.69, 9.17) is 0 Å². The summed E-state index contributed by atoms with van der Waals surface area (Å²) in [5.41, 5.74) is 2.00. The van der Waals surface area contributed by atoms with Crippen molar-refractivity contribution >= 4 is 37.5 Å². The highest BCUT2D eigenvalue weighted by Gasteiger charge is 2.15. The number of aryl methyl sites for hydroxylation is 2. The summed E-state index contributed by atoms with van der Waals surface area (Å²) in [6, 6.07) is 2.25. The van der Waals surface area contributed by atoms with Crippen LogP contribution in [0.2, 0.25) is 0 Å². The predicted molar refractivity (Wildman–Crippen MR) is 86.4 cm³/mol. The Hall–Kier alpha value is -0.950. The molecular weight excluding hydrogens is 408 g/mol. The lowest BCUT2D eigenvalue weighted by Crippen LogP contribution is -2.09. The van der Waals surface area contributed by atoms with E-state index < -0.39 is 11.6 Å². The average molecular weight is 423 g/mol. The zero-order valence-corrected chi connectivity index (χ0v) is 14.9. The molecule has 0 saturated carbocycles. The van der Waals surface area contributed by atoms with Crippen molar-refractivity contribution in [3.63, 3.8) is 0 Å². The highest BCUT2D eigenvalue weighted by atomic mass is 79.9. The molecule has 7 heteroatoms. The first-order valence-corrected chi connectivity index (χ1v) is 8.18. The van der Waals surface area contributed by atoms with Gasteiger partial charge in [-0.1, -0.05) is 6.92 Å². The Bertz CT molecular complexity index is 656. The highest BCUT2D eigenvalue weighted by molar-refractivity contribution is 9.10. The third-order valence-electron chi connectivity index (χ3n) is 3.15. The minimum absolute atomic E-state index is 0.110. The maximum absolute atomic E-state index is 13.8. The van der Waals surface area contributed by atoms with Crippen LogP contribution in [0.5, 0.6) is 0 Å². The molecule has 1 aromatic carbocycles. The molecule has 1 heterocycles. The van der Waals surface area contributed by atoms with Crippen molar-refractivity contribution in [2.45, 2.75) is 33.4 Å². The van der Waals surface area contributed by atoms with Crippen molar-refractivity contribution in [2.24, 2.45) is 0 Å². The first-order chi connectivity index (χ1) is 9.97. The number of aromatic nitrogens is 2. The van der Waals surface area contributed by atoms with Gasteiger partial charge in [-0.25, -0.2) is 8.78 Å². The number of benzene rings is 1. The van der Waals surface area contributed by atoms with Crippen LogP contribution in [-0.2, 0) is 19.5 Å². The molecule has 0 bridgehead atoms. The zero-order chi connectivity index (χ0) is 15.6. The number of rotatable bonds is 5. The Balaban J connectivity index is 2.24. The first kappa shape index (κ1) is 16.4. The van der Waals surface area contributed by atoms with Gasteiger partial charge in [0.25, 0.3) is 0 Å². The molecule has 1 N–H and O–H groups in total. The van der Waals surface area contributed by atoms with Crippen LogP contribution in [0.15, 0.2) is 21.1 Å². The van der Waals surface area contributed by atoms with Gasteiger partial charge in [-0.05, 0) is 51.3 Å². The largest absolute Gasteiger partial charge is 0.377 e. The summed E-state index contributed by atoms with van der Waals surface area (Å²) in [6.07, 6.45) is 0.807. The zero-order valence-electron chi connectivity index (χ0n) is 11.7. The van der Waals surface area contributed by atoms with Crippen molar-refractivity contribution in [3.8, 4) is 0 Å². The molecule has 0 amide bonds. The molecule has 0 spiro atoms. The Morgan fingerprint density at radius 1 is 1.19 bits per heavy atom. The van der Waals surface area contributed by atoms with E-state index in [2.05, 4.69) is 42.3 Å². The molecule has 0 aliphatic heterocycles. The summed E-state index contributed by atoms with van der Waals surface area (Å²) in [7, 11) is 0. The molecule has 0 fully saturated rings. The van der Waals surface area contributed by atoms with Gasteiger partial charge < -0.3 is 5.32 Å². The topological polar surface area (TPSA) is 29.9 Å². The number of hydrogen-bond donors (Lipinski definition) is 1. The van der Waals surface area contributed by atoms with Crippen molar-refractivity contribution in [1.82, 2.24) is 9.78 Å². The molecule has 0 radical (unpaired) electrons. The summed E-state index contributed by atoms with van der Waals surface area (Å²) in [5, 5.41) is 7.39. The minimum atomic E-state index is -0.504. The van der Waals surface area contributed by atoms with Crippen LogP contribution in [-0.4, -0.2) is 9.78 Å². The number of nitrogens with zero attached hydrogens (tertiary/aromatic N) is 2. The van der Waals surface area contributed by atoms with Crippen LogP contribution in [0.4, 0.5) is 14.5 Å². The normalized spacial score (nSPS) is 11.0. The van der Waals surface area contributed by atoms with E-state index in [1.165, 1.54) is 0 Å². The Morgan fingerprint density at radius 3 is 2.52 bits per heavy atom. The second kappa shape index (κ2) is 6.87. The summed E-state index contributed by atoms with van der Waals surface area (Å²) in [5.74, 6) is -1.01. The fourth-order valence-electron chi connectivity index (χ4n) is 2.02. The highest BCUT2D eigenvalue weighted by Crippen LogP contribution is 2.26. The molecule has 2 rings (SSSR count). The lowest BCUT2D eigenvalue weighted by molar-refractivity contribution is 0.594. The van der Waals surface area contributed by atoms with Gasteiger partial charge in [-0.15, -0.1) is 0 Å². The number of nitrogens with one attached hydrogen (secondary N) is 1. The number of halogens is 4. The SMILES string of the molecule is CCc1nn(CC)c(CNc2cc(F)c(Br)cc2F)c1Br. The van der Waals surface area contributed by atoms with E-state index in [9.17, 15) is 8.78 Å². The lowest BCUT2D eigenvalue weighted by Gasteiger charge is -2.10. The standard InChI is InChI=1S/C14H15Br2F2N3/c1-3-11-14(16)13(21(4-2)20-11)7-19-12-6-9(17)8(15)5-10(12)18/h5-6,19H,3-4,7H2,1-2H3. The van der Waals surface area contributed by atoms with Crippen molar-refractivity contribution in [2.75, 3.05) is 5.32 Å². The molecule has 0 aliphatic rings. The van der Waals surface area contributed by atoms with Crippen LogP contribution >= 0.6 is 31.9 Å². The minimum Gasteiger partial charge on any atom is -0.377 e. The van der Waals surface area contributed by atoms with Gasteiger partial charge >= 0.3 is 0 Å². The smallest absolute Gasteiger partial charge is 0.147 e. The Labute approximate surface area is 139 Å². The molecular formula is C14H15Br2F2N3. The van der Waals surface area contributed by atoms with Gasteiger partial charge in [-0.2, -0.15) is 5.10 Å². The van der Waals surface area contributed by atoms with Gasteiger partial charge in [0.15, 0.2) is 0 Å². The average Bonchev–Trinajstić information content (AvgIpc) is 2.77. The van der Waals surface area contributed by atoms with Crippen LogP contribution in [0, 0.1) is 11.6 Å². The third-order valence-corrected chi connectivity index (χ3v) is 4.67. The van der Waals surface area contributed by atoms with E-state index in [0.717, 1.165) is 34.4 Å². The summed E-state index contributed by atoms with van der Waals surface area (Å²) in [4.78, 5) is 0. The second-order valence-electron chi connectivity index (χ2n) is 4.48. The molecule has 2 aromatic rings. The van der Waals surface area contributed by atoms with Crippen molar-refractivity contribution in [1.29, 1.82) is 0 Å². The molecule has 0 unspecified atom stereocenters. The molecule has 114 valence electrons. The molecule has 1 aromatic heterocycles. The van der Waals surface area contributed by atoms with Gasteiger partial charge in [0.05, 0.1) is 32.6 Å².